The van der Waals surface area contributed by atoms with Gasteiger partial charge in [-0.3, -0.25) is 4.90 Å². The molecule has 0 aliphatic rings. The number of anilines is 1. The molecule has 2 N–H and O–H groups in total. The van der Waals surface area contributed by atoms with E-state index in [1.54, 1.807) is 0 Å². The second kappa shape index (κ2) is 8.95. The van der Waals surface area contributed by atoms with Crippen molar-refractivity contribution in [2.75, 3.05) is 32.0 Å². The second-order valence-corrected chi connectivity index (χ2v) is 4.53. The largest absolute Gasteiger partial charge is 0.398 e. The number of nitrogens with zero attached hydrogens (tertiary/aromatic N) is 1. The van der Waals surface area contributed by atoms with Crippen LogP contribution in [-0.2, 0) is 11.3 Å². The van der Waals surface area contributed by atoms with Gasteiger partial charge in [0.2, 0.25) is 0 Å². The van der Waals surface area contributed by atoms with E-state index < -0.39 is 0 Å². The molecule has 0 fully saturated rings. The highest BCUT2D eigenvalue weighted by atomic mass is 16.5. The summed E-state index contributed by atoms with van der Waals surface area (Å²) in [4.78, 5) is 2.45. The van der Waals surface area contributed by atoms with Crippen molar-refractivity contribution < 1.29 is 4.74 Å². The number of nitrogen functional groups attached to an aromatic ring is 1. The van der Waals surface area contributed by atoms with Crippen LogP contribution < -0.4 is 5.73 Å². The van der Waals surface area contributed by atoms with Crippen LogP contribution in [0.1, 0.15) is 32.3 Å². The molecule has 0 bridgehead atoms. The monoisotopic (exact) mass is 250 g/mol. The lowest BCUT2D eigenvalue weighted by Gasteiger charge is -2.22. The highest BCUT2D eigenvalue weighted by Gasteiger charge is 2.06. The summed E-state index contributed by atoms with van der Waals surface area (Å²) in [5, 5.41) is 0. The molecule has 0 heterocycles. The smallest absolute Gasteiger partial charge is 0.0478 e. The SMILES string of the molecule is CCCN(CCCOCC)Cc1ccccc1N. The number of ether oxygens (including phenoxy) is 1. The van der Waals surface area contributed by atoms with E-state index in [9.17, 15) is 0 Å². The molecule has 3 heteroatoms. The zero-order valence-electron chi connectivity index (χ0n) is 11.7. The van der Waals surface area contributed by atoms with Crippen molar-refractivity contribution in [1.82, 2.24) is 4.90 Å². The van der Waals surface area contributed by atoms with Gasteiger partial charge in [0.1, 0.15) is 0 Å². The summed E-state index contributed by atoms with van der Waals surface area (Å²) in [5.74, 6) is 0. The minimum Gasteiger partial charge on any atom is -0.398 e. The first-order valence-electron chi connectivity index (χ1n) is 6.91. The minimum atomic E-state index is 0.805. The zero-order valence-corrected chi connectivity index (χ0v) is 11.7. The first kappa shape index (κ1) is 15.0. The highest BCUT2D eigenvalue weighted by Crippen LogP contribution is 2.13. The molecule has 0 aromatic heterocycles. The Kier molecular flexibility index (Phi) is 7.46. The summed E-state index contributed by atoms with van der Waals surface area (Å²) in [6, 6.07) is 8.12. The zero-order chi connectivity index (χ0) is 13.2. The Balaban J connectivity index is 2.44. The van der Waals surface area contributed by atoms with E-state index >= 15 is 0 Å². The maximum Gasteiger partial charge on any atom is 0.0478 e. The molecule has 3 nitrogen and oxygen atoms in total. The third kappa shape index (κ3) is 5.52. The summed E-state index contributed by atoms with van der Waals surface area (Å²) in [5.41, 5.74) is 8.11. The summed E-state index contributed by atoms with van der Waals surface area (Å²) in [6.07, 6.45) is 2.25. The van der Waals surface area contributed by atoms with E-state index in [2.05, 4.69) is 24.0 Å². The fourth-order valence-corrected chi connectivity index (χ4v) is 2.04. The van der Waals surface area contributed by atoms with Crippen molar-refractivity contribution in [2.24, 2.45) is 0 Å². The van der Waals surface area contributed by atoms with Crippen LogP contribution in [-0.4, -0.2) is 31.2 Å². The fraction of sp³-hybridized carbons (Fsp3) is 0.600. The van der Waals surface area contributed by atoms with Gasteiger partial charge in [-0.1, -0.05) is 25.1 Å². The lowest BCUT2D eigenvalue weighted by Crippen LogP contribution is -2.26. The first-order valence-corrected chi connectivity index (χ1v) is 6.91. The van der Waals surface area contributed by atoms with Crippen LogP contribution >= 0.6 is 0 Å². The van der Waals surface area contributed by atoms with Crippen molar-refractivity contribution in [3.05, 3.63) is 29.8 Å². The molecule has 0 saturated heterocycles. The van der Waals surface area contributed by atoms with Crippen LogP contribution in [0.5, 0.6) is 0 Å². The number of hydrogen-bond donors (Lipinski definition) is 1. The van der Waals surface area contributed by atoms with Crippen molar-refractivity contribution in [1.29, 1.82) is 0 Å². The summed E-state index contributed by atoms with van der Waals surface area (Å²) in [6.45, 7) is 9.02. The van der Waals surface area contributed by atoms with Gasteiger partial charge >= 0.3 is 0 Å². The predicted molar refractivity (Wildman–Crippen MR) is 77.5 cm³/mol. The molecule has 0 aliphatic heterocycles. The van der Waals surface area contributed by atoms with Gasteiger partial charge in [-0.25, -0.2) is 0 Å². The third-order valence-corrected chi connectivity index (χ3v) is 2.96. The Morgan fingerprint density at radius 1 is 1.17 bits per heavy atom. The lowest BCUT2D eigenvalue weighted by molar-refractivity contribution is 0.130. The van der Waals surface area contributed by atoms with Gasteiger partial charge in [-0.05, 0) is 37.9 Å². The van der Waals surface area contributed by atoms with Gasteiger partial charge in [0.05, 0.1) is 0 Å². The van der Waals surface area contributed by atoms with E-state index in [1.807, 2.05) is 19.1 Å². The van der Waals surface area contributed by atoms with Gasteiger partial charge in [-0.15, -0.1) is 0 Å². The molecule has 1 aromatic rings. The lowest BCUT2D eigenvalue weighted by atomic mass is 10.1. The molecule has 0 radical (unpaired) electrons. The molecule has 0 aliphatic carbocycles. The molecule has 0 spiro atoms. The molecule has 1 rings (SSSR count). The Morgan fingerprint density at radius 3 is 2.61 bits per heavy atom. The average Bonchev–Trinajstić information content (AvgIpc) is 2.37. The van der Waals surface area contributed by atoms with E-state index in [0.29, 0.717) is 0 Å². The summed E-state index contributed by atoms with van der Waals surface area (Å²) >= 11 is 0. The molecular weight excluding hydrogens is 224 g/mol. The molecule has 0 saturated carbocycles. The third-order valence-electron chi connectivity index (χ3n) is 2.96. The standard InChI is InChI=1S/C15H26N2O/c1-3-10-17(11-7-12-18-4-2)13-14-8-5-6-9-15(14)16/h5-6,8-9H,3-4,7,10-13,16H2,1-2H3. The maximum absolute atomic E-state index is 5.99. The van der Waals surface area contributed by atoms with Crippen molar-refractivity contribution in [2.45, 2.75) is 33.2 Å². The predicted octanol–water partition coefficient (Wildman–Crippen LogP) is 2.91. The average molecular weight is 250 g/mol. The number of hydrogen-bond acceptors (Lipinski definition) is 3. The van der Waals surface area contributed by atoms with Gasteiger partial charge in [0, 0.05) is 32.0 Å². The first-order chi connectivity index (χ1) is 8.77. The van der Waals surface area contributed by atoms with Crippen molar-refractivity contribution in [3.63, 3.8) is 0 Å². The molecule has 18 heavy (non-hydrogen) atoms. The molecule has 102 valence electrons. The number of rotatable bonds is 9. The van der Waals surface area contributed by atoms with Crippen LogP contribution in [0.3, 0.4) is 0 Å². The Labute approximate surface area is 111 Å². The van der Waals surface area contributed by atoms with Gasteiger partial charge < -0.3 is 10.5 Å². The normalized spacial score (nSPS) is 11.1. The molecule has 0 unspecified atom stereocenters. The second-order valence-electron chi connectivity index (χ2n) is 4.53. The Hall–Kier alpha value is -1.06. The minimum absolute atomic E-state index is 0.805. The maximum atomic E-state index is 5.99. The van der Waals surface area contributed by atoms with Gasteiger partial charge in [0.15, 0.2) is 0 Å². The van der Waals surface area contributed by atoms with Crippen molar-refractivity contribution >= 4 is 5.69 Å². The van der Waals surface area contributed by atoms with E-state index in [-0.39, 0.29) is 0 Å². The van der Waals surface area contributed by atoms with E-state index in [4.69, 9.17) is 10.5 Å². The summed E-state index contributed by atoms with van der Waals surface area (Å²) in [7, 11) is 0. The van der Waals surface area contributed by atoms with Crippen molar-refractivity contribution in [3.8, 4) is 0 Å². The molecule has 0 atom stereocenters. The van der Waals surface area contributed by atoms with Crippen LogP contribution in [0.2, 0.25) is 0 Å². The van der Waals surface area contributed by atoms with Crippen LogP contribution in [0, 0.1) is 0 Å². The van der Waals surface area contributed by atoms with Crippen LogP contribution in [0.25, 0.3) is 0 Å². The summed E-state index contributed by atoms with van der Waals surface area (Å²) < 4.78 is 5.38. The topological polar surface area (TPSA) is 38.5 Å². The number of para-hydroxylation sites is 1. The molecule has 1 aromatic carbocycles. The Morgan fingerprint density at radius 2 is 1.94 bits per heavy atom. The number of nitrogens with two attached hydrogens (primary N) is 1. The molecular formula is C15H26N2O. The van der Waals surface area contributed by atoms with Crippen LogP contribution in [0.15, 0.2) is 24.3 Å². The van der Waals surface area contributed by atoms with Gasteiger partial charge in [0.25, 0.3) is 0 Å². The quantitative estimate of drug-likeness (QED) is 0.541. The highest BCUT2D eigenvalue weighted by molar-refractivity contribution is 5.46. The fourth-order valence-electron chi connectivity index (χ4n) is 2.04. The van der Waals surface area contributed by atoms with Crippen LogP contribution in [0.4, 0.5) is 5.69 Å². The Bertz CT molecular complexity index is 328. The van der Waals surface area contributed by atoms with Gasteiger partial charge in [-0.2, -0.15) is 0 Å². The molecule has 0 amide bonds. The van der Waals surface area contributed by atoms with E-state index in [1.165, 1.54) is 12.0 Å². The van der Waals surface area contributed by atoms with E-state index in [0.717, 1.165) is 45.0 Å². The number of benzene rings is 1.